The number of carbonyl (C=O) groups excluding carboxylic acids is 2. The Morgan fingerprint density at radius 2 is 1.92 bits per heavy atom. The third-order valence-electron chi connectivity index (χ3n) is 4.77. The molecule has 2 N–H and O–H groups in total. The van der Waals surface area contributed by atoms with Crippen LogP contribution >= 0.6 is 11.6 Å². The van der Waals surface area contributed by atoms with Crippen LogP contribution in [0.1, 0.15) is 29.6 Å². The summed E-state index contributed by atoms with van der Waals surface area (Å²) in [6.45, 7) is 3.86. The molecule has 2 aliphatic heterocycles. The van der Waals surface area contributed by atoms with Crippen LogP contribution in [0.5, 0.6) is 0 Å². The molecule has 3 rings (SSSR count). The van der Waals surface area contributed by atoms with Crippen LogP contribution in [-0.2, 0) is 9.53 Å². The summed E-state index contributed by atoms with van der Waals surface area (Å²) in [7, 11) is 0. The minimum Gasteiger partial charge on any atom is -0.378 e. The Balaban J connectivity index is 1.64. The van der Waals surface area contributed by atoms with Crippen LogP contribution in [0.15, 0.2) is 12.3 Å². The molecular weight excluding hydrogens is 344 g/mol. The summed E-state index contributed by atoms with van der Waals surface area (Å²) in [6, 6.07) is 1.69. The molecule has 0 radical (unpaired) electrons. The maximum absolute atomic E-state index is 12.5. The van der Waals surface area contributed by atoms with Crippen molar-refractivity contribution in [3.63, 3.8) is 0 Å². The predicted molar refractivity (Wildman–Crippen MR) is 94.7 cm³/mol. The molecule has 1 aromatic heterocycles. The summed E-state index contributed by atoms with van der Waals surface area (Å²) in [5, 5.41) is 0.479. The summed E-state index contributed by atoms with van der Waals surface area (Å²) < 4.78 is 5.27. The van der Waals surface area contributed by atoms with Crippen molar-refractivity contribution in [1.82, 2.24) is 9.88 Å². The molecule has 0 spiro atoms. The summed E-state index contributed by atoms with van der Waals surface area (Å²) >= 11 is 6.39. The first-order valence-electron chi connectivity index (χ1n) is 8.60. The molecule has 0 aromatic carbocycles. The number of carbonyl (C=O) groups is 2. The maximum atomic E-state index is 12.5. The highest BCUT2D eigenvalue weighted by atomic mass is 35.5. The molecule has 3 heterocycles. The van der Waals surface area contributed by atoms with Gasteiger partial charge in [-0.15, -0.1) is 0 Å². The molecule has 0 saturated carbocycles. The van der Waals surface area contributed by atoms with Gasteiger partial charge in [-0.3, -0.25) is 9.59 Å². The first-order valence-corrected chi connectivity index (χ1v) is 8.98. The first kappa shape index (κ1) is 17.9. The van der Waals surface area contributed by atoms with Gasteiger partial charge in [0.2, 0.25) is 5.91 Å². The Morgan fingerprint density at radius 3 is 2.52 bits per heavy atom. The smallest absolute Gasteiger partial charge is 0.255 e. The van der Waals surface area contributed by atoms with Gasteiger partial charge in [0.25, 0.3) is 5.91 Å². The van der Waals surface area contributed by atoms with Gasteiger partial charge in [0, 0.05) is 38.8 Å². The van der Waals surface area contributed by atoms with E-state index in [1.165, 1.54) is 0 Å². The van der Waals surface area contributed by atoms with Gasteiger partial charge in [-0.05, 0) is 24.8 Å². The van der Waals surface area contributed by atoms with Crippen LogP contribution < -0.4 is 10.6 Å². The van der Waals surface area contributed by atoms with E-state index in [0.29, 0.717) is 55.0 Å². The number of pyridine rings is 1. The fourth-order valence-corrected chi connectivity index (χ4v) is 3.65. The van der Waals surface area contributed by atoms with Gasteiger partial charge >= 0.3 is 0 Å². The van der Waals surface area contributed by atoms with Gasteiger partial charge in [-0.1, -0.05) is 11.6 Å². The third kappa shape index (κ3) is 4.41. The highest BCUT2D eigenvalue weighted by Crippen LogP contribution is 2.29. The van der Waals surface area contributed by atoms with E-state index in [1.807, 2.05) is 0 Å². The van der Waals surface area contributed by atoms with E-state index in [9.17, 15) is 9.59 Å². The summed E-state index contributed by atoms with van der Waals surface area (Å²) in [4.78, 5) is 31.8. The SMILES string of the molecule is NC(=O)CC1CCN(c2ncc(C(=O)N3CCOCC3)cc2Cl)CC1. The van der Waals surface area contributed by atoms with E-state index >= 15 is 0 Å². The lowest BCUT2D eigenvalue weighted by Crippen LogP contribution is -2.40. The number of piperidine rings is 1. The fourth-order valence-electron chi connectivity index (χ4n) is 3.36. The molecule has 2 aliphatic rings. The van der Waals surface area contributed by atoms with Crippen molar-refractivity contribution in [2.75, 3.05) is 44.3 Å². The minimum absolute atomic E-state index is 0.0654. The molecule has 0 atom stereocenters. The largest absolute Gasteiger partial charge is 0.378 e. The highest BCUT2D eigenvalue weighted by Gasteiger charge is 2.24. The molecule has 7 nitrogen and oxygen atoms in total. The molecule has 2 saturated heterocycles. The lowest BCUT2D eigenvalue weighted by molar-refractivity contribution is -0.119. The van der Waals surface area contributed by atoms with Crippen molar-refractivity contribution in [2.24, 2.45) is 11.7 Å². The van der Waals surface area contributed by atoms with Gasteiger partial charge < -0.3 is 20.3 Å². The lowest BCUT2D eigenvalue weighted by atomic mass is 9.93. The monoisotopic (exact) mass is 366 g/mol. The second-order valence-corrected chi connectivity index (χ2v) is 6.94. The molecule has 1 aromatic rings. The number of primary amides is 1. The second-order valence-electron chi connectivity index (χ2n) is 6.53. The van der Waals surface area contributed by atoms with Gasteiger partial charge in [0.1, 0.15) is 5.82 Å². The van der Waals surface area contributed by atoms with Crippen molar-refractivity contribution < 1.29 is 14.3 Å². The number of halogens is 1. The molecule has 136 valence electrons. The normalized spacial score (nSPS) is 19.1. The van der Waals surface area contributed by atoms with Gasteiger partial charge in [-0.25, -0.2) is 4.98 Å². The number of ether oxygens (including phenoxy) is 1. The number of nitrogens with two attached hydrogens (primary N) is 1. The van der Waals surface area contributed by atoms with E-state index < -0.39 is 0 Å². The molecule has 2 amide bonds. The zero-order valence-electron chi connectivity index (χ0n) is 14.1. The Kier molecular flexibility index (Phi) is 5.75. The van der Waals surface area contributed by atoms with Crippen LogP contribution in [0.4, 0.5) is 5.82 Å². The zero-order valence-corrected chi connectivity index (χ0v) is 14.9. The average Bonchev–Trinajstić information content (AvgIpc) is 2.62. The quantitative estimate of drug-likeness (QED) is 0.867. The van der Waals surface area contributed by atoms with Crippen LogP contribution in [0.2, 0.25) is 5.02 Å². The Labute approximate surface area is 152 Å². The van der Waals surface area contributed by atoms with E-state index in [0.717, 1.165) is 25.9 Å². The summed E-state index contributed by atoms with van der Waals surface area (Å²) in [6.07, 6.45) is 3.79. The number of aromatic nitrogens is 1. The number of anilines is 1. The molecular formula is C17H23ClN4O3. The van der Waals surface area contributed by atoms with Gasteiger partial charge in [0.05, 0.1) is 23.8 Å². The molecule has 25 heavy (non-hydrogen) atoms. The zero-order chi connectivity index (χ0) is 17.8. The summed E-state index contributed by atoms with van der Waals surface area (Å²) in [5.41, 5.74) is 5.77. The van der Waals surface area contributed by atoms with Crippen LogP contribution in [0.3, 0.4) is 0 Å². The molecule has 0 aliphatic carbocycles. The molecule has 2 fully saturated rings. The minimum atomic E-state index is -0.249. The van der Waals surface area contributed by atoms with Crippen LogP contribution in [0, 0.1) is 5.92 Å². The van der Waals surface area contributed by atoms with Crippen LogP contribution in [-0.4, -0.2) is 61.1 Å². The predicted octanol–water partition coefficient (Wildman–Crippen LogP) is 1.30. The number of hydrogen-bond donors (Lipinski definition) is 1. The Morgan fingerprint density at radius 1 is 1.24 bits per heavy atom. The Bertz CT molecular complexity index is 641. The maximum Gasteiger partial charge on any atom is 0.255 e. The highest BCUT2D eigenvalue weighted by molar-refractivity contribution is 6.33. The van der Waals surface area contributed by atoms with Crippen LogP contribution in [0.25, 0.3) is 0 Å². The van der Waals surface area contributed by atoms with Crippen molar-refractivity contribution in [3.8, 4) is 0 Å². The van der Waals surface area contributed by atoms with Gasteiger partial charge in [0.15, 0.2) is 0 Å². The third-order valence-corrected chi connectivity index (χ3v) is 5.05. The first-order chi connectivity index (χ1) is 12.0. The van der Waals surface area contributed by atoms with E-state index in [1.54, 1.807) is 17.2 Å². The number of hydrogen-bond acceptors (Lipinski definition) is 5. The second kappa shape index (κ2) is 8.01. The lowest BCUT2D eigenvalue weighted by Gasteiger charge is -2.33. The van der Waals surface area contributed by atoms with E-state index in [4.69, 9.17) is 22.1 Å². The van der Waals surface area contributed by atoms with E-state index in [2.05, 4.69) is 9.88 Å². The van der Waals surface area contributed by atoms with Gasteiger partial charge in [-0.2, -0.15) is 0 Å². The van der Waals surface area contributed by atoms with E-state index in [-0.39, 0.29) is 11.8 Å². The number of amides is 2. The van der Waals surface area contributed by atoms with Crippen molar-refractivity contribution >= 4 is 29.2 Å². The molecule has 8 heteroatoms. The standard InChI is InChI=1S/C17H23ClN4O3/c18-14-10-13(17(24)22-5-7-25-8-6-22)11-20-16(14)21-3-1-12(2-4-21)9-15(19)23/h10-12H,1-9H2,(H2,19,23). The number of morpholine rings is 1. The fraction of sp³-hybridized carbons (Fsp3) is 0.588. The number of nitrogens with zero attached hydrogens (tertiary/aromatic N) is 3. The molecule has 0 unspecified atom stereocenters. The van der Waals surface area contributed by atoms with Crippen molar-refractivity contribution in [1.29, 1.82) is 0 Å². The average molecular weight is 367 g/mol. The van der Waals surface area contributed by atoms with Crippen molar-refractivity contribution in [3.05, 3.63) is 22.8 Å². The Hall–Kier alpha value is -1.86. The summed E-state index contributed by atoms with van der Waals surface area (Å²) in [5.74, 6) is 0.706. The van der Waals surface area contributed by atoms with Crippen molar-refractivity contribution in [2.45, 2.75) is 19.3 Å². The number of rotatable bonds is 4. The topological polar surface area (TPSA) is 88.8 Å². The molecule has 0 bridgehead atoms.